The molecule has 4 nitrogen and oxygen atoms in total. The number of benzene rings is 2. The van der Waals surface area contributed by atoms with Gasteiger partial charge in [0.15, 0.2) is 0 Å². The molecule has 112 valence electrons. The molecule has 1 atom stereocenters. The Balaban J connectivity index is 1.92. The molecule has 2 aromatic rings. The van der Waals surface area contributed by atoms with E-state index in [1.807, 2.05) is 6.07 Å². The molecule has 0 aliphatic carbocycles. The van der Waals surface area contributed by atoms with Crippen molar-refractivity contribution in [2.45, 2.75) is 19.5 Å². The maximum absolute atomic E-state index is 13.5. The van der Waals surface area contributed by atoms with Gasteiger partial charge in [-0.15, -0.1) is 0 Å². The molecule has 0 bridgehead atoms. The van der Waals surface area contributed by atoms with Gasteiger partial charge in [-0.2, -0.15) is 5.26 Å². The van der Waals surface area contributed by atoms with Gasteiger partial charge in [-0.3, -0.25) is 4.79 Å². The molecule has 0 saturated carbocycles. The second-order valence-corrected chi connectivity index (χ2v) is 4.88. The Labute approximate surface area is 128 Å². The molecule has 5 heteroatoms. The smallest absolute Gasteiger partial charge is 0.241 e. The second kappa shape index (κ2) is 7.34. The maximum atomic E-state index is 13.5. The molecule has 0 heterocycles. The highest BCUT2D eigenvalue weighted by atomic mass is 19.1. The monoisotopic (exact) mass is 297 g/mol. The molecule has 2 N–H and O–H groups in total. The third kappa shape index (κ3) is 4.14. The summed E-state index contributed by atoms with van der Waals surface area (Å²) in [4.78, 5) is 12.1. The van der Waals surface area contributed by atoms with Crippen LogP contribution in [0.15, 0.2) is 48.5 Å². The number of carbonyl (C=O) groups excluding carboxylic acids is 1. The number of nitrogens with one attached hydrogen (secondary N) is 2. The van der Waals surface area contributed by atoms with Crippen LogP contribution in [-0.4, -0.2) is 11.9 Å². The molecule has 0 fully saturated rings. The molecule has 2 rings (SSSR count). The molecule has 22 heavy (non-hydrogen) atoms. The number of rotatable bonds is 5. The summed E-state index contributed by atoms with van der Waals surface area (Å²) in [6.45, 7) is 1.96. The number of carbonyl (C=O) groups is 1. The van der Waals surface area contributed by atoms with Gasteiger partial charge in [-0.1, -0.05) is 24.3 Å². The molecule has 0 aliphatic rings. The quantitative estimate of drug-likeness (QED) is 0.892. The Morgan fingerprint density at radius 1 is 1.27 bits per heavy atom. The van der Waals surface area contributed by atoms with E-state index in [1.165, 1.54) is 6.07 Å². The highest BCUT2D eigenvalue weighted by Gasteiger charge is 2.13. The summed E-state index contributed by atoms with van der Waals surface area (Å²) >= 11 is 0. The van der Waals surface area contributed by atoms with E-state index in [-0.39, 0.29) is 18.3 Å². The van der Waals surface area contributed by atoms with Crippen LogP contribution in [0, 0.1) is 17.1 Å². The van der Waals surface area contributed by atoms with Crippen molar-refractivity contribution in [2.75, 3.05) is 5.32 Å². The molecular formula is C17H16FN3O. The van der Waals surface area contributed by atoms with Crippen LogP contribution in [0.3, 0.4) is 0 Å². The Morgan fingerprint density at radius 2 is 2.05 bits per heavy atom. The van der Waals surface area contributed by atoms with Gasteiger partial charge in [0.1, 0.15) is 5.82 Å². The summed E-state index contributed by atoms with van der Waals surface area (Å²) in [5.41, 5.74) is 1.54. The average Bonchev–Trinajstić information content (AvgIpc) is 2.54. The van der Waals surface area contributed by atoms with E-state index in [9.17, 15) is 9.18 Å². The van der Waals surface area contributed by atoms with Gasteiger partial charge in [-0.25, -0.2) is 4.39 Å². The summed E-state index contributed by atoms with van der Waals surface area (Å²) in [6.07, 6.45) is 0. The minimum absolute atomic E-state index is 0.244. The first kappa shape index (κ1) is 15.7. The highest BCUT2D eigenvalue weighted by molar-refractivity contribution is 5.94. The predicted octanol–water partition coefficient (Wildman–Crippen LogP) is 2.81. The Bertz CT molecular complexity index is 709. The van der Waals surface area contributed by atoms with E-state index >= 15 is 0 Å². The Hall–Kier alpha value is -2.71. The van der Waals surface area contributed by atoms with Gasteiger partial charge in [0.05, 0.1) is 17.7 Å². The first-order chi connectivity index (χ1) is 10.6. The number of anilines is 1. The molecule has 2 aromatic carbocycles. The molecule has 0 aliphatic heterocycles. The summed E-state index contributed by atoms with van der Waals surface area (Å²) in [6, 6.07) is 14.6. The first-order valence-electron chi connectivity index (χ1n) is 6.88. The zero-order valence-electron chi connectivity index (χ0n) is 12.1. The third-order valence-corrected chi connectivity index (χ3v) is 3.21. The van der Waals surface area contributed by atoms with Crippen molar-refractivity contribution in [1.29, 1.82) is 5.26 Å². The van der Waals surface area contributed by atoms with Crippen LogP contribution in [0.5, 0.6) is 0 Å². The fraction of sp³-hybridized carbons (Fsp3) is 0.176. The van der Waals surface area contributed by atoms with Crippen LogP contribution in [-0.2, 0) is 11.3 Å². The summed E-state index contributed by atoms with van der Waals surface area (Å²) < 4.78 is 13.5. The van der Waals surface area contributed by atoms with Crippen LogP contribution in [0.25, 0.3) is 0 Å². The molecule has 0 aromatic heterocycles. The lowest BCUT2D eigenvalue weighted by atomic mass is 10.2. The predicted molar refractivity (Wildman–Crippen MR) is 82.5 cm³/mol. The maximum Gasteiger partial charge on any atom is 0.241 e. The first-order valence-corrected chi connectivity index (χ1v) is 6.88. The average molecular weight is 297 g/mol. The number of hydrogen-bond donors (Lipinski definition) is 2. The van der Waals surface area contributed by atoms with Crippen LogP contribution in [0.2, 0.25) is 0 Å². The van der Waals surface area contributed by atoms with Crippen molar-refractivity contribution in [2.24, 2.45) is 0 Å². The number of hydrogen-bond acceptors (Lipinski definition) is 3. The van der Waals surface area contributed by atoms with E-state index in [0.717, 1.165) is 0 Å². The van der Waals surface area contributed by atoms with Crippen LogP contribution in [0.1, 0.15) is 18.1 Å². The SMILES string of the molecule is C[C@H](NCc1ccccc1F)C(=O)Nc1cccc(C#N)c1. The molecule has 0 saturated heterocycles. The lowest BCUT2D eigenvalue weighted by molar-refractivity contribution is -0.117. The minimum Gasteiger partial charge on any atom is -0.325 e. The second-order valence-electron chi connectivity index (χ2n) is 4.88. The Morgan fingerprint density at radius 3 is 2.77 bits per heavy atom. The number of nitrogens with zero attached hydrogens (tertiary/aromatic N) is 1. The van der Waals surface area contributed by atoms with Gasteiger partial charge < -0.3 is 10.6 Å². The van der Waals surface area contributed by atoms with E-state index in [1.54, 1.807) is 49.4 Å². The molecular weight excluding hydrogens is 281 g/mol. The zero-order chi connectivity index (χ0) is 15.9. The van der Waals surface area contributed by atoms with Gasteiger partial charge in [0, 0.05) is 17.8 Å². The van der Waals surface area contributed by atoms with Crippen molar-refractivity contribution in [1.82, 2.24) is 5.32 Å². The van der Waals surface area contributed by atoms with Crippen LogP contribution < -0.4 is 10.6 Å². The number of nitriles is 1. The summed E-state index contributed by atoms with van der Waals surface area (Å²) in [5, 5.41) is 14.5. The van der Waals surface area contributed by atoms with Crippen molar-refractivity contribution >= 4 is 11.6 Å². The largest absolute Gasteiger partial charge is 0.325 e. The third-order valence-electron chi connectivity index (χ3n) is 3.21. The van der Waals surface area contributed by atoms with Gasteiger partial charge in [-0.05, 0) is 31.2 Å². The van der Waals surface area contributed by atoms with Crippen LogP contribution >= 0.6 is 0 Å². The van der Waals surface area contributed by atoms with Crippen molar-refractivity contribution in [3.8, 4) is 6.07 Å². The lowest BCUT2D eigenvalue weighted by Crippen LogP contribution is -2.37. The van der Waals surface area contributed by atoms with Crippen molar-refractivity contribution < 1.29 is 9.18 Å². The van der Waals surface area contributed by atoms with E-state index in [2.05, 4.69) is 10.6 Å². The topological polar surface area (TPSA) is 64.9 Å². The van der Waals surface area contributed by atoms with E-state index in [4.69, 9.17) is 5.26 Å². The normalized spacial score (nSPS) is 11.5. The van der Waals surface area contributed by atoms with E-state index in [0.29, 0.717) is 16.8 Å². The fourth-order valence-corrected chi connectivity index (χ4v) is 1.91. The molecule has 0 spiro atoms. The summed E-state index contributed by atoms with van der Waals surface area (Å²) in [5.74, 6) is -0.546. The lowest BCUT2D eigenvalue weighted by Gasteiger charge is -2.14. The number of halogens is 1. The zero-order valence-corrected chi connectivity index (χ0v) is 12.1. The molecule has 0 unspecified atom stereocenters. The number of amides is 1. The summed E-state index contributed by atoms with van der Waals surface area (Å²) in [7, 11) is 0. The van der Waals surface area contributed by atoms with Crippen LogP contribution in [0.4, 0.5) is 10.1 Å². The molecule has 1 amide bonds. The Kier molecular flexibility index (Phi) is 5.23. The highest BCUT2D eigenvalue weighted by Crippen LogP contribution is 2.10. The fourth-order valence-electron chi connectivity index (χ4n) is 1.91. The molecule has 0 radical (unpaired) electrons. The van der Waals surface area contributed by atoms with Gasteiger partial charge in [0.25, 0.3) is 0 Å². The van der Waals surface area contributed by atoms with Gasteiger partial charge >= 0.3 is 0 Å². The van der Waals surface area contributed by atoms with Crippen molar-refractivity contribution in [3.63, 3.8) is 0 Å². The van der Waals surface area contributed by atoms with Crippen molar-refractivity contribution in [3.05, 3.63) is 65.5 Å². The van der Waals surface area contributed by atoms with Gasteiger partial charge in [0.2, 0.25) is 5.91 Å². The minimum atomic E-state index is -0.495. The standard InChI is InChI=1S/C17H16FN3O/c1-12(20-11-14-6-2-3-8-16(14)18)17(22)21-15-7-4-5-13(9-15)10-19/h2-9,12,20H,11H2,1H3,(H,21,22)/t12-/m0/s1. The van der Waals surface area contributed by atoms with E-state index < -0.39 is 6.04 Å².